The zero-order valence-corrected chi connectivity index (χ0v) is 9.55. The second-order valence-corrected chi connectivity index (χ2v) is 3.90. The smallest absolute Gasteiger partial charge is 0.356 e. The number of carbonyl (C=O) groups is 1. The summed E-state index contributed by atoms with van der Waals surface area (Å²) in [6.45, 7) is 0. The van der Waals surface area contributed by atoms with E-state index in [1.807, 2.05) is 0 Å². The largest absolute Gasteiger partial charge is 0.508 e. The zero-order chi connectivity index (χ0) is 11.7. The summed E-state index contributed by atoms with van der Waals surface area (Å²) in [6, 6.07) is 7.69. The molecule has 0 unspecified atom stereocenters. The van der Waals surface area contributed by atoms with Gasteiger partial charge in [0.2, 0.25) is 0 Å². The van der Waals surface area contributed by atoms with E-state index in [0.717, 1.165) is 0 Å². The van der Waals surface area contributed by atoms with E-state index in [0.29, 0.717) is 10.3 Å². The van der Waals surface area contributed by atoms with Crippen molar-refractivity contribution >= 4 is 21.9 Å². The van der Waals surface area contributed by atoms with Gasteiger partial charge in [0.1, 0.15) is 10.4 Å². The average Bonchev–Trinajstić information content (AvgIpc) is 2.62. The number of hydrogen-bond donors (Lipinski definition) is 2. The van der Waals surface area contributed by atoms with Gasteiger partial charge in [-0.2, -0.15) is 5.10 Å². The van der Waals surface area contributed by atoms with Crippen LogP contribution in [0.25, 0.3) is 5.69 Å². The Hall–Kier alpha value is -1.82. The predicted molar refractivity (Wildman–Crippen MR) is 59.9 cm³/mol. The highest BCUT2D eigenvalue weighted by Crippen LogP contribution is 2.19. The first-order valence-electron chi connectivity index (χ1n) is 4.36. The van der Waals surface area contributed by atoms with Crippen LogP contribution in [-0.4, -0.2) is 26.0 Å². The molecule has 2 N–H and O–H groups in total. The Morgan fingerprint density at radius 3 is 2.44 bits per heavy atom. The van der Waals surface area contributed by atoms with Gasteiger partial charge in [-0.3, -0.25) is 0 Å². The van der Waals surface area contributed by atoms with Gasteiger partial charge in [-0.25, -0.2) is 9.48 Å². The lowest BCUT2D eigenvalue weighted by atomic mass is 10.3. The number of aromatic nitrogens is 2. The Morgan fingerprint density at radius 2 is 1.94 bits per heavy atom. The number of aromatic carboxylic acids is 1. The Kier molecular flexibility index (Phi) is 2.66. The van der Waals surface area contributed by atoms with Gasteiger partial charge in [0.25, 0.3) is 0 Å². The molecule has 0 saturated heterocycles. The molecule has 1 aromatic carbocycles. The third kappa shape index (κ3) is 1.92. The fourth-order valence-electron chi connectivity index (χ4n) is 1.24. The molecule has 0 aliphatic heterocycles. The van der Waals surface area contributed by atoms with Crippen molar-refractivity contribution in [3.63, 3.8) is 0 Å². The minimum Gasteiger partial charge on any atom is -0.508 e. The molecule has 0 atom stereocenters. The van der Waals surface area contributed by atoms with Crippen molar-refractivity contribution in [2.45, 2.75) is 0 Å². The quantitative estimate of drug-likeness (QED) is 0.884. The van der Waals surface area contributed by atoms with Crippen molar-refractivity contribution < 1.29 is 15.0 Å². The van der Waals surface area contributed by atoms with Crippen molar-refractivity contribution in [3.05, 3.63) is 40.6 Å². The van der Waals surface area contributed by atoms with E-state index in [1.54, 1.807) is 12.1 Å². The molecular formula is C10H7BrN2O3. The third-order valence-corrected chi connectivity index (χ3v) is 2.54. The first-order valence-corrected chi connectivity index (χ1v) is 5.15. The summed E-state index contributed by atoms with van der Waals surface area (Å²) >= 11 is 3.22. The molecule has 1 heterocycles. The lowest BCUT2D eigenvalue weighted by molar-refractivity contribution is 0.0690. The van der Waals surface area contributed by atoms with Crippen molar-refractivity contribution in [2.75, 3.05) is 0 Å². The van der Waals surface area contributed by atoms with Crippen molar-refractivity contribution in [2.24, 2.45) is 0 Å². The van der Waals surface area contributed by atoms with Gasteiger partial charge in [0.15, 0.2) is 5.69 Å². The van der Waals surface area contributed by atoms with Crippen LogP contribution in [0.3, 0.4) is 0 Å². The SMILES string of the molecule is O=C(O)c1cc(Br)n(-c2ccc(O)cc2)n1. The lowest BCUT2D eigenvalue weighted by Crippen LogP contribution is -2.01. The Morgan fingerprint density at radius 1 is 1.31 bits per heavy atom. The molecule has 6 heteroatoms. The number of phenolic OH excluding ortho intramolecular Hbond substituents is 1. The van der Waals surface area contributed by atoms with Gasteiger partial charge in [0.05, 0.1) is 5.69 Å². The molecule has 0 aliphatic rings. The van der Waals surface area contributed by atoms with Crippen molar-refractivity contribution in [1.29, 1.82) is 0 Å². The van der Waals surface area contributed by atoms with Crippen LogP contribution in [0.2, 0.25) is 0 Å². The Labute approximate surface area is 99.1 Å². The molecule has 2 aromatic rings. The Bertz CT molecular complexity index is 533. The average molecular weight is 283 g/mol. The minimum absolute atomic E-state index is 0.0417. The summed E-state index contributed by atoms with van der Waals surface area (Å²) in [5, 5.41) is 21.8. The van der Waals surface area contributed by atoms with Crippen molar-refractivity contribution in [1.82, 2.24) is 9.78 Å². The zero-order valence-electron chi connectivity index (χ0n) is 7.96. The number of nitrogens with zero attached hydrogens (tertiary/aromatic N) is 2. The molecule has 5 nitrogen and oxygen atoms in total. The summed E-state index contributed by atoms with van der Waals surface area (Å²) in [5.74, 6) is -0.941. The molecule has 1 aromatic heterocycles. The van der Waals surface area contributed by atoms with E-state index in [-0.39, 0.29) is 11.4 Å². The minimum atomic E-state index is -1.08. The molecule has 16 heavy (non-hydrogen) atoms. The maximum Gasteiger partial charge on any atom is 0.356 e. The standard InChI is InChI=1S/C10H7BrN2O3/c11-9-5-8(10(15)16)12-13(9)6-1-3-7(14)4-2-6/h1-5,14H,(H,15,16). The first kappa shape index (κ1) is 10.7. The lowest BCUT2D eigenvalue weighted by Gasteiger charge is -2.02. The van der Waals surface area contributed by atoms with E-state index >= 15 is 0 Å². The van der Waals surface area contributed by atoms with Crippen LogP contribution in [-0.2, 0) is 0 Å². The van der Waals surface area contributed by atoms with Crippen LogP contribution >= 0.6 is 15.9 Å². The molecule has 0 saturated carbocycles. The summed E-state index contributed by atoms with van der Waals surface area (Å²) in [7, 11) is 0. The van der Waals surface area contributed by atoms with E-state index in [4.69, 9.17) is 10.2 Å². The van der Waals surface area contributed by atoms with Crippen molar-refractivity contribution in [3.8, 4) is 11.4 Å². The second kappa shape index (κ2) is 3.97. The third-order valence-electron chi connectivity index (χ3n) is 1.98. The second-order valence-electron chi connectivity index (χ2n) is 3.09. The number of halogens is 1. The normalized spacial score (nSPS) is 10.3. The fourth-order valence-corrected chi connectivity index (χ4v) is 1.74. The van der Waals surface area contributed by atoms with Crippen LogP contribution in [0.1, 0.15) is 10.5 Å². The van der Waals surface area contributed by atoms with Crippen LogP contribution in [0.15, 0.2) is 34.9 Å². The number of carboxylic acid groups (broad SMARTS) is 1. The highest BCUT2D eigenvalue weighted by Gasteiger charge is 2.12. The maximum atomic E-state index is 10.7. The molecular weight excluding hydrogens is 276 g/mol. The topological polar surface area (TPSA) is 75.3 Å². The predicted octanol–water partition coefficient (Wildman–Crippen LogP) is 2.04. The molecule has 0 amide bonds. The number of benzene rings is 1. The van der Waals surface area contributed by atoms with Gasteiger partial charge >= 0.3 is 5.97 Å². The molecule has 0 bridgehead atoms. The molecule has 0 fully saturated rings. The fraction of sp³-hybridized carbons (Fsp3) is 0. The maximum absolute atomic E-state index is 10.7. The van der Waals surface area contributed by atoms with Gasteiger partial charge in [-0.05, 0) is 40.2 Å². The number of carboxylic acids is 1. The van der Waals surface area contributed by atoms with Crippen LogP contribution < -0.4 is 0 Å². The van der Waals surface area contributed by atoms with E-state index in [2.05, 4.69) is 21.0 Å². The molecule has 2 rings (SSSR count). The number of phenols is 1. The summed E-state index contributed by atoms with van der Waals surface area (Å²) in [4.78, 5) is 10.7. The highest BCUT2D eigenvalue weighted by molar-refractivity contribution is 9.10. The van der Waals surface area contributed by atoms with Crippen LogP contribution in [0.5, 0.6) is 5.75 Å². The highest BCUT2D eigenvalue weighted by atomic mass is 79.9. The van der Waals surface area contributed by atoms with E-state index < -0.39 is 5.97 Å². The summed E-state index contributed by atoms with van der Waals surface area (Å²) in [5.41, 5.74) is 0.622. The molecule has 82 valence electrons. The van der Waals surface area contributed by atoms with Gasteiger partial charge in [-0.1, -0.05) is 0 Å². The monoisotopic (exact) mass is 282 g/mol. The number of hydrogen-bond acceptors (Lipinski definition) is 3. The van der Waals surface area contributed by atoms with Gasteiger partial charge in [-0.15, -0.1) is 0 Å². The van der Waals surface area contributed by atoms with Crippen LogP contribution in [0, 0.1) is 0 Å². The number of rotatable bonds is 2. The molecule has 0 aliphatic carbocycles. The summed E-state index contributed by atoms with van der Waals surface area (Å²) in [6.07, 6.45) is 0. The van der Waals surface area contributed by atoms with E-state index in [1.165, 1.54) is 22.9 Å². The Balaban J connectivity index is 2.47. The van der Waals surface area contributed by atoms with Gasteiger partial charge in [0, 0.05) is 6.07 Å². The summed E-state index contributed by atoms with van der Waals surface area (Å²) < 4.78 is 1.97. The number of aromatic hydroxyl groups is 1. The molecule has 0 radical (unpaired) electrons. The van der Waals surface area contributed by atoms with E-state index in [9.17, 15) is 4.79 Å². The first-order chi connectivity index (χ1) is 7.58. The molecule has 0 spiro atoms. The van der Waals surface area contributed by atoms with Crippen LogP contribution in [0.4, 0.5) is 0 Å². The van der Waals surface area contributed by atoms with Gasteiger partial charge < -0.3 is 10.2 Å².